The van der Waals surface area contributed by atoms with Gasteiger partial charge in [0.25, 0.3) is 0 Å². The first kappa shape index (κ1) is 14.2. The number of piperazine rings is 1. The molecule has 0 N–H and O–H groups in total. The van der Waals surface area contributed by atoms with Gasteiger partial charge in [-0.15, -0.1) is 0 Å². The second kappa shape index (κ2) is 6.31. The van der Waals surface area contributed by atoms with E-state index in [-0.39, 0.29) is 5.78 Å². The summed E-state index contributed by atoms with van der Waals surface area (Å²) in [5.41, 5.74) is 2.03. The van der Waals surface area contributed by atoms with Crippen molar-refractivity contribution < 1.29 is 4.79 Å². The lowest BCUT2D eigenvalue weighted by Gasteiger charge is -2.36. The lowest BCUT2D eigenvalue weighted by molar-refractivity contribution is 0.0807. The van der Waals surface area contributed by atoms with Gasteiger partial charge in [-0.25, -0.2) is 0 Å². The third kappa shape index (κ3) is 3.88. The van der Waals surface area contributed by atoms with Crippen LogP contribution in [-0.2, 0) is 0 Å². The second-order valence-electron chi connectivity index (χ2n) is 5.70. The van der Waals surface area contributed by atoms with Crippen molar-refractivity contribution in [3.63, 3.8) is 0 Å². The van der Waals surface area contributed by atoms with E-state index in [0.717, 1.165) is 31.7 Å². The summed E-state index contributed by atoms with van der Waals surface area (Å²) in [4.78, 5) is 16.9. The second-order valence-corrected chi connectivity index (χ2v) is 5.70. The minimum atomic E-state index is 0.234. The molecule has 1 aliphatic rings. The molecule has 0 aliphatic carbocycles. The lowest BCUT2D eigenvalue weighted by Crippen LogP contribution is -2.50. The van der Waals surface area contributed by atoms with E-state index in [0.29, 0.717) is 12.6 Å². The van der Waals surface area contributed by atoms with Gasteiger partial charge in [-0.1, -0.05) is 29.8 Å². The van der Waals surface area contributed by atoms with Crippen molar-refractivity contribution in [2.45, 2.75) is 26.8 Å². The highest BCUT2D eigenvalue weighted by molar-refractivity contribution is 5.97. The van der Waals surface area contributed by atoms with E-state index in [1.807, 2.05) is 31.2 Å². The molecule has 3 nitrogen and oxygen atoms in total. The summed E-state index contributed by atoms with van der Waals surface area (Å²) in [5.74, 6) is 0.234. The van der Waals surface area contributed by atoms with Crippen LogP contribution in [0.4, 0.5) is 0 Å². The van der Waals surface area contributed by atoms with Crippen LogP contribution in [0.5, 0.6) is 0 Å². The smallest absolute Gasteiger partial charge is 0.176 e. The van der Waals surface area contributed by atoms with Crippen molar-refractivity contribution in [1.29, 1.82) is 0 Å². The Morgan fingerprint density at radius 1 is 1.11 bits per heavy atom. The standard InChI is InChI=1S/C16H24N2O/c1-13(2)18-10-8-17(9-11-18)12-16(19)15-6-4-14(3)5-7-15/h4-7,13H,8-12H2,1-3H3. The highest BCUT2D eigenvalue weighted by Gasteiger charge is 2.20. The Morgan fingerprint density at radius 2 is 1.68 bits per heavy atom. The average Bonchev–Trinajstić information content (AvgIpc) is 2.40. The van der Waals surface area contributed by atoms with Crippen LogP contribution in [-0.4, -0.2) is 54.3 Å². The summed E-state index contributed by atoms with van der Waals surface area (Å²) in [6, 6.07) is 8.48. The highest BCUT2D eigenvalue weighted by Crippen LogP contribution is 2.09. The predicted octanol–water partition coefficient (Wildman–Crippen LogP) is 2.20. The van der Waals surface area contributed by atoms with Crippen LogP contribution in [0.25, 0.3) is 0 Å². The Balaban J connectivity index is 1.85. The number of Topliss-reactive ketones (excluding diaryl/α,β-unsaturated/α-hetero) is 1. The molecule has 104 valence electrons. The number of rotatable bonds is 4. The zero-order valence-corrected chi connectivity index (χ0v) is 12.2. The molecule has 3 heteroatoms. The summed E-state index contributed by atoms with van der Waals surface area (Å²) in [6.45, 7) is 11.2. The van der Waals surface area contributed by atoms with Crippen molar-refractivity contribution in [1.82, 2.24) is 9.80 Å². The molecule has 1 aromatic carbocycles. The zero-order chi connectivity index (χ0) is 13.8. The largest absolute Gasteiger partial charge is 0.298 e. The van der Waals surface area contributed by atoms with Gasteiger partial charge in [-0.2, -0.15) is 0 Å². The fourth-order valence-corrected chi connectivity index (χ4v) is 2.47. The van der Waals surface area contributed by atoms with Crippen LogP contribution in [0.2, 0.25) is 0 Å². The van der Waals surface area contributed by atoms with E-state index < -0.39 is 0 Å². The molecule has 0 bridgehead atoms. The number of carbonyl (C=O) groups is 1. The average molecular weight is 260 g/mol. The van der Waals surface area contributed by atoms with Crippen molar-refractivity contribution in [3.05, 3.63) is 35.4 Å². The molecule has 0 saturated carbocycles. The van der Waals surface area contributed by atoms with Crippen LogP contribution in [0.1, 0.15) is 29.8 Å². The van der Waals surface area contributed by atoms with E-state index in [4.69, 9.17) is 0 Å². The van der Waals surface area contributed by atoms with Gasteiger partial charge in [-0.05, 0) is 20.8 Å². The molecule has 0 spiro atoms. The lowest BCUT2D eigenvalue weighted by atomic mass is 10.1. The third-order valence-corrected chi connectivity index (χ3v) is 3.88. The topological polar surface area (TPSA) is 23.6 Å². The summed E-state index contributed by atoms with van der Waals surface area (Å²) < 4.78 is 0. The van der Waals surface area contributed by atoms with Crippen molar-refractivity contribution in [2.75, 3.05) is 32.7 Å². The molecule has 0 radical (unpaired) electrons. The molecule has 1 saturated heterocycles. The highest BCUT2D eigenvalue weighted by atomic mass is 16.1. The Bertz CT molecular complexity index is 417. The normalized spacial score (nSPS) is 17.9. The fraction of sp³-hybridized carbons (Fsp3) is 0.562. The van der Waals surface area contributed by atoms with E-state index in [1.165, 1.54) is 5.56 Å². The fourth-order valence-electron chi connectivity index (χ4n) is 2.47. The van der Waals surface area contributed by atoms with Crippen LogP contribution < -0.4 is 0 Å². The third-order valence-electron chi connectivity index (χ3n) is 3.88. The molecule has 0 aromatic heterocycles. The van der Waals surface area contributed by atoms with Crippen molar-refractivity contribution in [3.8, 4) is 0 Å². The summed E-state index contributed by atoms with van der Waals surface area (Å²) in [5, 5.41) is 0. The van der Waals surface area contributed by atoms with Gasteiger partial charge < -0.3 is 0 Å². The molecule has 1 aromatic rings. The summed E-state index contributed by atoms with van der Waals surface area (Å²) >= 11 is 0. The van der Waals surface area contributed by atoms with Gasteiger partial charge in [0.15, 0.2) is 5.78 Å². The Morgan fingerprint density at radius 3 is 2.21 bits per heavy atom. The zero-order valence-electron chi connectivity index (χ0n) is 12.2. The Labute approximate surface area is 116 Å². The van der Waals surface area contributed by atoms with Crippen LogP contribution in [0.15, 0.2) is 24.3 Å². The SMILES string of the molecule is Cc1ccc(C(=O)CN2CCN(C(C)C)CC2)cc1. The van der Waals surface area contributed by atoms with E-state index in [9.17, 15) is 4.79 Å². The van der Waals surface area contributed by atoms with Crippen LogP contribution in [0, 0.1) is 6.92 Å². The minimum absolute atomic E-state index is 0.234. The van der Waals surface area contributed by atoms with E-state index in [2.05, 4.69) is 23.6 Å². The van der Waals surface area contributed by atoms with Gasteiger partial charge >= 0.3 is 0 Å². The molecular weight excluding hydrogens is 236 g/mol. The first-order chi connectivity index (χ1) is 9.06. The number of carbonyl (C=O) groups excluding carboxylic acids is 1. The molecule has 19 heavy (non-hydrogen) atoms. The number of ketones is 1. The quantitative estimate of drug-likeness (QED) is 0.775. The monoisotopic (exact) mass is 260 g/mol. The van der Waals surface area contributed by atoms with Crippen molar-refractivity contribution in [2.24, 2.45) is 0 Å². The summed E-state index contributed by atoms with van der Waals surface area (Å²) in [7, 11) is 0. The van der Waals surface area contributed by atoms with Gasteiger partial charge in [-0.3, -0.25) is 14.6 Å². The van der Waals surface area contributed by atoms with Gasteiger partial charge in [0.2, 0.25) is 0 Å². The van der Waals surface area contributed by atoms with Crippen LogP contribution in [0.3, 0.4) is 0 Å². The van der Waals surface area contributed by atoms with E-state index >= 15 is 0 Å². The number of nitrogens with zero attached hydrogens (tertiary/aromatic N) is 2. The Hall–Kier alpha value is -1.19. The predicted molar refractivity (Wildman–Crippen MR) is 78.7 cm³/mol. The van der Waals surface area contributed by atoms with Gasteiger partial charge in [0, 0.05) is 37.8 Å². The maximum absolute atomic E-state index is 12.2. The minimum Gasteiger partial charge on any atom is -0.298 e. The number of hydrogen-bond donors (Lipinski definition) is 0. The molecule has 1 aliphatic heterocycles. The molecular formula is C16H24N2O. The molecule has 0 amide bonds. The van der Waals surface area contributed by atoms with Crippen molar-refractivity contribution >= 4 is 5.78 Å². The first-order valence-corrected chi connectivity index (χ1v) is 7.12. The molecule has 1 heterocycles. The number of benzene rings is 1. The Kier molecular flexibility index (Phi) is 4.72. The number of aryl methyl sites for hydroxylation is 1. The molecule has 2 rings (SSSR count). The van der Waals surface area contributed by atoms with Crippen LogP contribution >= 0.6 is 0 Å². The summed E-state index contributed by atoms with van der Waals surface area (Å²) in [6.07, 6.45) is 0. The van der Waals surface area contributed by atoms with Gasteiger partial charge in [0.05, 0.1) is 6.54 Å². The maximum Gasteiger partial charge on any atom is 0.176 e. The van der Waals surface area contributed by atoms with E-state index in [1.54, 1.807) is 0 Å². The maximum atomic E-state index is 12.2. The van der Waals surface area contributed by atoms with Gasteiger partial charge in [0.1, 0.15) is 0 Å². The molecule has 0 atom stereocenters. The first-order valence-electron chi connectivity index (χ1n) is 7.12. The number of hydrogen-bond acceptors (Lipinski definition) is 3. The molecule has 1 fully saturated rings. The molecule has 0 unspecified atom stereocenters.